The van der Waals surface area contributed by atoms with Gasteiger partial charge in [-0.25, -0.2) is 0 Å². The van der Waals surface area contributed by atoms with Gasteiger partial charge in [-0.3, -0.25) is 4.79 Å². The summed E-state index contributed by atoms with van der Waals surface area (Å²) in [5, 5.41) is 0. The highest BCUT2D eigenvalue weighted by molar-refractivity contribution is 5.99. The molecule has 2 heteroatoms. The molecule has 16 heavy (non-hydrogen) atoms. The van der Waals surface area contributed by atoms with Crippen molar-refractivity contribution in [3.8, 4) is 0 Å². The summed E-state index contributed by atoms with van der Waals surface area (Å²) in [6.07, 6.45) is 7.49. The van der Waals surface area contributed by atoms with E-state index in [-0.39, 0.29) is 17.8 Å². The largest absolute Gasteiger partial charge is 0.370 e. The van der Waals surface area contributed by atoms with Crippen LogP contribution in [0.5, 0.6) is 0 Å². The van der Waals surface area contributed by atoms with E-state index < -0.39 is 0 Å². The molecule has 0 saturated heterocycles. The number of allylic oxidation sites excluding steroid dienone is 1. The third-order valence-electron chi connectivity index (χ3n) is 3.07. The van der Waals surface area contributed by atoms with Gasteiger partial charge in [-0.15, -0.1) is 0 Å². The molecule has 0 aromatic rings. The van der Waals surface area contributed by atoms with Gasteiger partial charge in [0.1, 0.15) is 6.10 Å². The van der Waals surface area contributed by atoms with E-state index in [1.54, 1.807) is 0 Å². The zero-order valence-electron chi connectivity index (χ0n) is 10.8. The van der Waals surface area contributed by atoms with E-state index >= 15 is 0 Å². The monoisotopic (exact) mass is 224 g/mol. The molecular formula is C14H24O2. The number of hydrogen-bond acceptors (Lipinski definition) is 2. The Labute approximate surface area is 99.1 Å². The summed E-state index contributed by atoms with van der Waals surface area (Å²) in [6.45, 7) is 6.66. The van der Waals surface area contributed by atoms with Crippen molar-refractivity contribution in [2.24, 2.45) is 5.92 Å². The first-order valence-electron chi connectivity index (χ1n) is 6.51. The topological polar surface area (TPSA) is 26.3 Å². The molecule has 92 valence electrons. The van der Waals surface area contributed by atoms with Gasteiger partial charge in [0.2, 0.25) is 0 Å². The fourth-order valence-corrected chi connectivity index (χ4v) is 2.17. The Morgan fingerprint density at radius 3 is 2.75 bits per heavy atom. The second-order valence-electron chi connectivity index (χ2n) is 4.81. The molecule has 1 aliphatic carbocycles. The van der Waals surface area contributed by atoms with Crippen LogP contribution in [0.4, 0.5) is 0 Å². The Bertz CT molecular complexity index is 253. The van der Waals surface area contributed by atoms with Crippen LogP contribution in [-0.2, 0) is 9.53 Å². The second-order valence-corrected chi connectivity index (χ2v) is 4.81. The molecule has 0 aliphatic heterocycles. The van der Waals surface area contributed by atoms with Crippen molar-refractivity contribution in [2.45, 2.75) is 59.0 Å². The first-order chi connectivity index (χ1) is 7.66. The minimum atomic E-state index is -0.241. The maximum atomic E-state index is 12.3. The van der Waals surface area contributed by atoms with Crippen molar-refractivity contribution in [1.82, 2.24) is 0 Å². The Morgan fingerprint density at radius 1 is 1.38 bits per heavy atom. The summed E-state index contributed by atoms with van der Waals surface area (Å²) in [5.41, 5.74) is 1.00. The third-order valence-corrected chi connectivity index (χ3v) is 3.07. The zero-order chi connectivity index (χ0) is 12.0. The summed E-state index contributed by atoms with van der Waals surface area (Å²) in [7, 11) is 0. The molecule has 0 saturated carbocycles. The normalized spacial score (nSPS) is 19.1. The van der Waals surface area contributed by atoms with Gasteiger partial charge in [0.05, 0.1) is 0 Å². The van der Waals surface area contributed by atoms with Crippen molar-refractivity contribution in [1.29, 1.82) is 0 Å². The number of hydrogen-bond donors (Lipinski definition) is 0. The molecule has 0 bridgehead atoms. The van der Waals surface area contributed by atoms with Gasteiger partial charge in [-0.1, -0.05) is 26.3 Å². The van der Waals surface area contributed by atoms with Crippen LogP contribution in [0, 0.1) is 5.92 Å². The number of Topliss-reactive ketones (excluding diaryl/α,β-unsaturated/α-hetero) is 1. The van der Waals surface area contributed by atoms with Crippen molar-refractivity contribution in [2.75, 3.05) is 6.61 Å². The lowest BCUT2D eigenvalue weighted by molar-refractivity contribution is -0.129. The molecule has 2 nitrogen and oxygen atoms in total. The van der Waals surface area contributed by atoms with Crippen LogP contribution in [0.15, 0.2) is 11.6 Å². The average molecular weight is 224 g/mol. The molecule has 0 fully saturated rings. The predicted molar refractivity (Wildman–Crippen MR) is 66.4 cm³/mol. The number of carbonyl (C=O) groups excluding carboxylic acids is 1. The maximum Gasteiger partial charge on any atom is 0.187 e. The first kappa shape index (κ1) is 13.4. The number of ketones is 1. The van der Waals surface area contributed by atoms with Crippen molar-refractivity contribution < 1.29 is 9.53 Å². The van der Waals surface area contributed by atoms with Gasteiger partial charge in [0, 0.05) is 6.61 Å². The third kappa shape index (κ3) is 3.75. The predicted octanol–water partition coefficient (Wildman–Crippen LogP) is 3.51. The fraction of sp³-hybridized carbons (Fsp3) is 0.786. The first-order valence-corrected chi connectivity index (χ1v) is 6.51. The van der Waals surface area contributed by atoms with Crippen LogP contribution < -0.4 is 0 Å². The molecule has 0 spiro atoms. The lowest BCUT2D eigenvalue weighted by atomic mass is 9.95. The van der Waals surface area contributed by atoms with E-state index in [4.69, 9.17) is 4.74 Å². The molecule has 1 aliphatic rings. The van der Waals surface area contributed by atoms with E-state index in [9.17, 15) is 4.79 Å². The average Bonchev–Trinajstić information content (AvgIpc) is 2.53. The van der Waals surface area contributed by atoms with Crippen LogP contribution in [0.2, 0.25) is 0 Å². The lowest BCUT2D eigenvalue weighted by Crippen LogP contribution is -2.31. The Kier molecular flexibility index (Phi) is 5.75. The quantitative estimate of drug-likeness (QED) is 0.714. The molecule has 0 aromatic carbocycles. The summed E-state index contributed by atoms with van der Waals surface area (Å²) in [4.78, 5) is 12.3. The number of ether oxygens (including phenoxy) is 1. The van der Waals surface area contributed by atoms with Crippen LogP contribution in [0.3, 0.4) is 0 Å². The van der Waals surface area contributed by atoms with E-state index in [1.165, 1.54) is 12.8 Å². The summed E-state index contributed by atoms with van der Waals surface area (Å²) in [6, 6.07) is 0. The number of carbonyl (C=O) groups is 1. The number of rotatable bonds is 5. The minimum absolute atomic E-state index is 0.221. The highest BCUT2D eigenvalue weighted by atomic mass is 16.5. The van der Waals surface area contributed by atoms with Gasteiger partial charge < -0.3 is 4.74 Å². The zero-order valence-corrected chi connectivity index (χ0v) is 10.8. The SMILES string of the molecule is CCOC(C(=O)C1=CCCCCC1)C(C)C. The van der Waals surface area contributed by atoms with Gasteiger partial charge in [0.15, 0.2) is 5.78 Å². The molecule has 1 unspecified atom stereocenters. The van der Waals surface area contributed by atoms with E-state index in [0.29, 0.717) is 6.61 Å². The lowest BCUT2D eigenvalue weighted by Gasteiger charge is -2.20. The van der Waals surface area contributed by atoms with E-state index in [2.05, 4.69) is 19.9 Å². The van der Waals surface area contributed by atoms with Crippen LogP contribution in [0.1, 0.15) is 52.9 Å². The molecular weight excluding hydrogens is 200 g/mol. The van der Waals surface area contributed by atoms with Gasteiger partial charge in [0.25, 0.3) is 0 Å². The summed E-state index contributed by atoms with van der Waals surface area (Å²) >= 11 is 0. The molecule has 0 aromatic heterocycles. The van der Waals surface area contributed by atoms with Crippen LogP contribution in [-0.4, -0.2) is 18.5 Å². The minimum Gasteiger partial charge on any atom is -0.370 e. The maximum absolute atomic E-state index is 12.3. The smallest absolute Gasteiger partial charge is 0.187 e. The fourth-order valence-electron chi connectivity index (χ4n) is 2.17. The van der Waals surface area contributed by atoms with Gasteiger partial charge >= 0.3 is 0 Å². The highest BCUT2D eigenvalue weighted by Gasteiger charge is 2.25. The molecule has 0 radical (unpaired) electrons. The molecule has 1 rings (SSSR count). The van der Waals surface area contributed by atoms with Crippen molar-refractivity contribution in [3.05, 3.63) is 11.6 Å². The molecule has 0 heterocycles. The van der Waals surface area contributed by atoms with Gasteiger partial charge in [-0.05, 0) is 44.1 Å². The van der Waals surface area contributed by atoms with Gasteiger partial charge in [-0.2, -0.15) is 0 Å². The Hall–Kier alpha value is -0.630. The van der Waals surface area contributed by atoms with E-state index in [0.717, 1.165) is 24.8 Å². The highest BCUT2D eigenvalue weighted by Crippen LogP contribution is 2.22. The summed E-state index contributed by atoms with van der Waals surface area (Å²) < 4.78 is 5.57. The van der Waals surface area contributed by atoms with Crippen molar-refractivity contribution in [3.63, 3.8) is 0 Å². The molecule has 0 amide bonds. The Morgan fingerprint density at radius 2 is 2.12 bits per heavy atom. The molecule has 0 N–H and O–H groups in total. The Balaban J connectivity index is 2.68. The van der Waals surface area contributed by atoms with Crippen LogP contribution in [0.25, 0.3) is 0 Å². The van der Waals surface area contributed by atoms with E-state index in [1.807, 2.05) is 6.92 Å². The van der Waals surface area contributed by atoms with Crippen LogP contribution >= 0.6 is 0 Å². The summed E-state index contributed by atoms with van der Waals surface area (Å²) in [5.74, 6) is 0.482. The molecule has 1 atom stereocenters. The second kappa shape index (κ2) is 6.85. The standard InChI is InChI=1S/C14H24O2/c1-4-16-14(11(2)3)13(15)12-9-7-5-6-8-10-12/h9,11,14H,4-8,10H2,1-3H3. The van der Waals surface area contributed by atoms with Crippen molar-refractivity contribution >= 4 is 5.78 Å².